The smallest absolute Gasteiger partial charge is 0.548 e. The van der Waals surface area contributed by atoms with Crippen LogP contribution in [0.15, 0.2) is 40.7 Å². The molecule has 6 N–H and O–H groups in total. The van der Waals surface area contributed by atoms with Crippen molar-refractivity contribution in [2.75, 3.05) is 57.2 Å². The van der Waals surface area contributed by atoms with Gasteiger partial charge >= 0.3 is 77.3 Å². The van der Waals surface area contributed by atoms with E-state index >= 15 is 0 Å². The number of aliphatic carboxylic acids is 2. The first-order valence-electron chi connectivity index (χ1n) is 15.8. The number of nitrogens with one attached hydrogen (secondary N) is 4. The van der Waals surface area contributed by atoms with E-state index in [0.717, 1.165) is 9.80 Å². The molecule has 5 rings (SSSR count). The van der Waals surface area contributed by atoms with Gasteiger partial charge < -0.3 is 51.1 Å². The third-order valence-electron chi connectivity index (χ3n) is 7.99. The average Bonchev–Trinajstić information content (AvgIpc) is 3.77. The Hall–Kier alpha value is -3.46. The van der Waals surface area contributed by atoms with Gasteiger partial charge in [-0.15, -0.1) is 16.9 Å². The van der Waals surface area contributed by atoms with Gasteiger partial charge in [0.25, 0.3) is 5.91 Å². The number of hydrogen-bond donors (Lipinski definition) is 5. The summed E-state index contributed by atoms with van der Waals surface area (Å²) in [5, 5.41) is 44.3. The number of aromatic nitrogens is 4. The quantitative estimate of drug-likeness (QED) is 0.0633. The topological polar surface area (TPSA) is 302 Å². The van der Waals surface area contributed by atoms with Crippen LogP contribution in [-0.4, -0.2) is 146 Å². The molecular formula is C29H34N12Na2O10S2. The molecule has 0 aliphatic carbocycles. The van der Waals surface area contributed by atoms with Gasteiger partial charge in [-0.1, -0.05) is 23.9 Å². The molecule has 0 unspecified atom stereocenters. The van der Waals surface area contributed by atoms with Crippen LogP contribution in [0.1, 0.15) is 11.6 Å². The van der Waals surface area contributed by atoms with Crippen LogP contribution in [0.2, 0.25) is 0 Å². The minimum Gasteiger partial charge on any atom is -0.548 e. The number of nitrogens with zero attached hydrogens (tertiary/aromatic N) is 7. The van der Waals surface area contributed by atoms with E-state index in [-0.39, 0.29) is 101 Å². The van der Waals surface area contributed by atoms with Crippen LogP contribution in [0.5, 0.6) is 0 Å². The first kappa shape index (κ1) is 45.9. The van der Waals surface area contributed by atoms with Crippen LogP contribution in [0.4, 0.5) is 20.1 Å². The SMILES string of the molecule is CN(C)CCn1nnnc1SCC1=C(C(=O)[O-])N2C(=O)[C@@H](NC(=O)[C@H](NC(=O)N3CCNC3=O)c3ccc(NC(=O)OC[C@@H](N)C(=O)[O-])cc3)[C@@H]2SC1.[Na+].[Na+]. The van der Waals surface area contributed by atoms with E-state index in [1.54, 1.807) is 4.68 Å². The number of amides is 7. The van der Waals surface area contributed by atoms with Crippen molar-refractivity contribution in [1.29, 1.82) is 0 Å². The Morgan fingerprint density at radius 3 is 2.47 bits per heavy atom. The minimum absolute atomic E-state index is 0. The van der Waals surface area contributed by atoms with Crippen LogP contribution in [0.25, 0.3) is 0 Å². The van der Waals surface area contributed by atoms with Crippen molar-refractivity contribution in [3.63, 3.8) is 0 Å². The molecule has 2 fully saturated rings. The van der Waals surface area contributed by atoms with Crippen molar-refractivity contribution < 1.29 is 108 Å². The van der Waals surface area contributed by atoms with Crippen molar-refractivity contribution in [2.24, 2.45) is 5.73 Å². The second kappa shape index (κ2) is 20.6. The fourth-order valence-electron chi connectivity index (χ4n) is 5.22. The Balaban J connectivity index is 0.00000406. The Labute approximate surface area is 366 Å². The summed E-state index contributed by atoms with van der Waals surface area (Å²) in [5.41, 5.74) is 5.71. The summed E-state index contributed by atoms with van der Waals surface area (Å²) in [6, 6.07) is -0.295. The third kappa shape index (κ3) is 11.3. The van der Waals surface area contributed by atoms with E-state index in [0.29, 0.717) is 23.8 Å². The molecule has 0 spiro atoms. The van der Waals surface area contributed by atoms with Gasteiger partial charge in [-0.2, -0.15) is 0 Å². The zero-order valence-corrected chi connectivity index (χ0v) is 35.8. The Morgan fingerprint density at radius 2 is 1.85 bits per heavy atom. The molecule has 26 heteroatoms. The Morgan fingerprint density at radius 1 is 1.15 bits per heavy atom. The molecular weight excluding hydrogens is 787 g/mol. The van der Waals surface area contributed by atoms with Gasteiger partial charge in [0.05, 0.1) is 30.2 Å². The maximum atomic E-state index is 13.8. The molecule has 1 aromatic heterocycles. The Kier molecular flexibility index (Phi) is 17.2. The summed E-state index contributed by atoms with van der Waals surface area (Å²) >= 11 is 2.43. The van der Waals surface area contributed by atoms with Crippen molar-refractivity contribution in [3.05, 3.63) is 41.1 Å². The number of benzene rings is 1. The van der Waals surface area contributed by atoms with Crippen molar-refractivity contribution in [3.8, 4) is 0 Å². The number of likely N-dealkylation sites (N-methyl/N-ethyl adjacent to an activating group) is 1. The maximum Gasteiger partial charge on any atom is 1.00 e. The number of nitrogens with two attached hydrogens (primary N) is 1. The predicted octanol–water partition coefficient (Wildman–Crippen LogP) is -10.2. The summed E-state index contributed by atoms with van der Waals surface area (Å²) in [6.45, 7) is 0.747. The van der Waals surface area contributed by atoms with Gasteiger partial charge in [0.15, 0.2) is 0 Å². The van der Waals surface area contributed by atoms with E-state index in [1.165, 1.54) is 47.8 Å². The molecule has 0 saturated carbocycles. The van der Waals surface area contributed by atoms with E-state index < -0.39 is 72.0 Å². The number of anilines is 1. The summed E-state index contributed by atoms with van der Waals surface area (Å²) in [6.07, 6.45) is -1.03. The summed E-state index contributed by atoms with van der Waals surface area (Å²) in [5.74, 6) is -4.40. The zero-order valence-electron chi connectivity index (χ0n) is 30.2. The number of carbonyl (C=O) groups is 7. The van der Waals surface area contributed by atoms with Gasteiger partial charge in [-0.05, 0) is 47.8 Å². The molecule has 4 atom stereocenters. The van der Waals surface area contributed by atoms with E-state index in [2.05, 4.69) is 36.8 Å². The van der Waals surface area contributed by atoms with E-state index in [4.69, 9.17) is 10.5 Å². The second-order valence-corrected chi connectivity index (χ2v) is 14.0. The van der Waals surface area contributed by atoms with Gasteiger partial charge in [-0.25, -0.2) is 24.0 Å². The average molecular weight is 821 g/mol. The normalized spacial score (nSPS) is 18.5. The molecule has 3 aliphatic heterocycles. The molecule has 0 bridgehead atoms. The number of carboxylic acids is 2. The van der Waals surface area contributed by atoms with Crippen molar-refractivity contribution >= 4 is 71.1 Å². The number of thioether (sulfide) groups is 2. The van der Waals surface area contributed by atoms with E-state index in [9.17, 15) is 43.8 Å². The first-order chi connectivity index (χ1) is 25.2. The van der Waals surface area contributed by atoms with Crippen LogP contribution >= 0.6 is 23.5 Å². The molecule has 1 aromatic carbocycles. The van der Waals surface area contributed by atoms with Crippen LogP contribution in [-0.2, 0) is 30.5 Å². The predicted molar refractivity (Wildman–Crippen MR) is 180 cm³/mol. The number of hydrogen-bond acceptors (Lipinski definition) is 17. The minimum atomic E-state index is -1.61. The molecule has 2 saturated heterocycles. The molecule has 22 nitrogen and oxygen atoms in total. The first-order valence-corrected chi connectivity index (χ1v) is 17.9. The van der Waals surface area contributed by atoms with Crippen LogP contribution in [0, 0.1) is 0 Å². The molecule has 3 aliphatic rings. The molecule has 0 radical (unpaired) electrons. The maximum absolute atomic E-state index is 13.8. The molecule has 2 aromatic rings. The van der Waals surface area contributed by atoms with Gasteiger partial charge in [0, 0.05) is 36.8 Å². The molecule has 55 heavy (non-hydrogen) atoms. The number of urea groups is 2. The van der Waals surface area contributed by atoms with Gasteiger partial charge in [0.2, 0.25) is 11.1 Å². The summed E-state index contributed by atoms with van der Waals surface area (Å²) < 4.78 is 6.34. The fraction of sp³-hybridized carbons (Fsp3) is 0.448. The van der Waals surface area contributed by atoms with Crippen molar-refractivity contribution in [2.45, 2.75) is 35.2 Å². The number of ether oxygens (including phenoxy) is 1. The molecule has 4 heterocycles. The molecule has 7 amide bonds. The largest absolute Gasteiger partial charge is 1.00 e. The number of fused-ring (bicyclic) bond motifs is 1. The number of carboxylic acid groups (broad SMARTS) is 2. The fourth-order valence-corrected chi connectivity index (χ4v) is 7.61. The number of β-lactam (4-membered cyclic amide) rings is 1. The second-order valence-electron chi connectivity index (χ2n) is 11.9. The van der Waals surface area contributed by atoms with Crippen LogP contribution < -0.4 is 96.3 Å². The number of carbonyl (C=O) groups excluding carboxylic acids is 7. The van der Waals surface area contributed by atoms with Gasteiger partial charge in [0.1, 0.15) is 24.1 Å². The monoisotopic (exact) mass is 820 g/mol. The van der Waals surface area contributed by atoms with Crippen molar-refractivity contribution in [1.82, 2.24) is 50.9 Å². The third-order valence-corrected chi connectivity index (χ3v) is 10.4. The number of imide groups is 1. The van der Waals surface area contributed by atoms with Gasteiger partial charge in [-0.3, -0.25) is 19.8 Å². The number of tetrazole rings is 1. The van der Waals surface area contributed by atoms with Crippen LogP contribution in [0.3, 0.4) is 0 Å². The zero-order chi connectivity index (χ0) is 38.4. The van der Waals surface area contributed by atoms with E-state index in [1.807, 2.05) is 19.0 Å². The summed E-state index contributed by atoms with van der Waals surface area (Å²) in [4.78, 5) is 91.4. The summed E-state index contributed by atoms with van der Waals surface area (Å²) in [7, 11) is 3.80. The standard InChI is InChI=1S/C29H36N12O10S2.2Na/c1-38(2)9-10-40-28(35-36-37-40)53-13-15-12-52-23-19(22(43)41(23)20(15)25(46)47)33-21(42)18(34-27(49)39-8-7-31-26(39)48)14-3-5-16(6-4-14)32-29(50)51-11-17(30)24(44)45;;/h3-6,17-19,23H,7-13,30H2,1-2H3,(H,31,48)(H,32,50)(H,33,42)(H,34,49)(H,44,45)(H,46,47);;/q;2*+1/p-2/t17-,18-,19-,23+;;/m1../s1. The molecule has 284 valence electrons. The number of rotatable bonds is 15. The Bertz CT molecular complexity index is 1820.